The molecule has 2 unspecified atom stereocenters. The molecule has 0 saturated carbocycles. The van der Waals surface area contributed by atoms with Gasteiger partial charge in [-0.1, -0.05) is 19.8 Å². The van der Waals surface area contributed by atoms with Gasteiger partial charge >= 0.3 is 5.97 Å². The van der Waals surface area contributed by atoms with Gasteiger partial charge in [0.1, 0.15) is 0 Å². The van der Waals surface area contributed by atoms with Crippen LogP contribution in [0.5, 0.6) is 0 Å². The number of ether oxygens (including phenoxy) is 1. The second kappa shape index (κ2) is 6.56. The molecule has 1 amide bonds. The van der Waals surface area contributed by atoms with E-state index in [4.69, 9.17) is 15.6 Å². The van der Waals surface area contributed by atoms with Gasteiger partial charge in [0.2, 0.25) is 5.91 Å². The number of aliphatic carboxylic acids is 1. The van der Waals surface area contributed by atoms with Gasteiger partial charge in [0.15, 0.2) is 6.04 Å². The molecule has 17 heavy (non-hydrogen) atoms. The number of carboxylic acid groups (broad SMARTS) is 1. The third-order valence-corrected chi connectivity index (χ3v) is 2.88. The molecule has 0 aromatic carbocycles. The molecule has 1 aliphatic heterocycles. The van der Waals surface area contributed by atoms with E-state index in [1.165, 1.54) is 4.90 Å². The van der Waals surface area contributed by atoms with E-state index in [2.05, 4.69) is 0 Å². The molecule has 1 rings (SSSR count). The van der Waals surface area contributed by atoms with Crippen molar-refractivity contribution in [3.63, 3.8) is 0 Å². The summed E-state index contributed by atoms with van der Waals surface area (Å²) in [6, 6.07) is -1.50. The van der Waals surface area contributed by atoms with Crippen LogP contribution >= 0.6 is 0 Å². The number of hydrogen-bond acceptors (Lipinski definition) is 4. The third kappa shape index (κ3) is 3.67. The highest BCUT2D eigenvalue weighted by molar-refractivity contribution is 5.87. The summed E-state index contributed by atoms with van der Waals surface area (Å²) in [5, 5.41) is 9.00. The fourth-order valence-corrected chi connectivity index (χ4v) is 1.83. The lowest BCUT2D eigenvalue weighted by Crippen LogP contribution is -2.56. The largest absolute Gasteiger partial charge is 0.480 e. The molecule has 2 atom stereocenters. The molecule has 0 bridgehead atoms. The molecular weight excluding hydrogens is 224 g/mol. The van der Waals surface area contributed by atoms with Gasteiger partial charge in [-0.15, -0.1) is 0 Å². The number of amides is 1. The Morgan fingerprint density at radius 3 is 2.88 bits per heavy atom. The Balaban J connectivity index is 2.61. The van der Waals surface area contributed by atoms with Crippen LogP contribution in [0.2, 0.25) is 0 Å². The maximum atomic E-state index is 12.0. The first-order chi connectivity index (χ1) is 8.07. The van der Waals surface area contributed by atoms with Crippen molar-refractivity contribution in [3.8, 4) is 0 Å². The van der Waals surface area contributed by atoms with Crippen molar-refractivity contribution in [1.82, 2.24) is 4.90 Å². The maximum Gasteiger partial charge on any atom is 0.328 e. The van der Waals surface area contributed by atoms with Crippen LogP contribution in [0.3, 0.4) is 0 Å². The lowest BCUT2D eigenvalue weighted by molar-refractivity contribution is -0.158. The van der Waals surface area contributed by atoms with Gasteiger partial charge in [0, 0.05) is 6.54 Å². The fourth-order valence-electron chi connectivity index (χ4n) is 1.83. The Bertz CT molecular complexity index is 283. The van der Waals surface area contributed by atoms with Gasteiger partial charge in [-0.2, -0.15) is 0 Å². The van der Waals surface area contributed by atoms with Crippen LogP contribution < -0.4 is 5.73 Å². The zero-order valence-electron chi connectivity index (χ0n) is 10.1. The van der Waals surface area contributed by atoms with Crippen LogP contribution in [-0.4, -0.2) is 53.7 Å². The minimum absolute atomic E-state index is 0.0432. The zero-order valence-corrected chi connectivity index (χ0v) is 10.1. The van der Waals surface area contributed by atoms with Crippen molar-refractivity contribution >= 4 is 11.9 Å². The van der Waals surface area contributed by atoms with E-state index >= 15 is 0 Å². The highest BCUT2D eigenvalue weighted by Gasteiger charge is 2.34. The molecule has 1 saturated heterocycles. The number of carboxylic acids is 1. The SMILES string of the molecule is CCCCC(N)C(=O)N1CCOCC1C(=O)O. The fraction of sp³-hybridized carbons (Fsp3) is 0.818. The van der Waals surface area contributed by atoms with Gasteiger partial charge in [0.25, 0.3) is 0 Å². The molecule has 0 aliphatic carbocycles. The highest BCUT2D eigenvalue weighted by atomic mass is 16.5. The minimum atomic E-state index is -1.04. The molecule has 98 valence electrons. The molecule has 0 spiro atoms. The summed E-state index contributed by atoms with van der Waals surface area (Å²) in [5.41, 5.74) is 5.77. The number of carbonyl (C=O) groups is 2. The molecule has 3 N–H and O–H groups in total. The number of morpholine rings is 1. The summed E-state index contributed by atoms with van der Waals surface area (Å²) < 4.78 is 5.07. The maximum absolute atomic E-state index is 12.0. The molecule has 0 aromatic rings. The summed E-state index contributed by atoms with van der Waals surface area (Å²) in [4.78, 5) is 24.3. The van der Waals surface area contributed by atoms with Crippen LogP contribution in [0.15, 0.2) is 0 Å². The van der Waals surface area contributed by atoms with E-state index in [0.29, 0.717) is 19.6 Å². The van der Waals surface area contributed by atoms with Crippen molar-refractivity contribution in [1.29, 1.82) is 0 Å². The molecule has 0 aromatic heterocycles. The van der Waals surface area contributed by atoms with Crippen molar-refractivity contribution in [2.45, 2.75) is 38.3 Å². The highest BCUT2D eigenvalue weighted by Crippen LogP contribution is 2.11. The van der Waals surface area contributed by atoms with E-state index < -0.39 is 18.1 Å². The standard InChI is InChI=1S/C11H20N2O4/c1-2-3-4-8(12)10(14)13-5-6-17-7-9(13)11(15)16/h8-9H,2-7,12H2,1H3,(H,15,16). The summed E-state index contributed by atoms with van der Waals surface area (Å²) in [6.45, 7) is 2.74. The number of unbranched alkanes of at least 4 members (excludes halogenated alkanes) is 1. The zero-order chi connectivity index (χ0) is 12.8. The van der Waals surface area contributed by atoms with Crippen LogP contribution in [0.1, 0.15) is 26.2 Å². The third-order valence-electron chi connectivity index (χ3n) is 2.88. The van der Waals surface area contributed by atoms with Gasteiger partial charge in [0.05, 0.1) is 19.3 Å². The van der Waals surface area contributed by atoms with Crippen LogP contribution in [0, 0.1) is 0 Å². The summed E-state index contributed by atoms with van der Waals surface area (Å²) in [6.07, 6.45) is 2.43. The van der Waals surface area contributed by atoms with Crippen LogP contribution in [-0.2, 0) is 14.3 Å². The van der Waals surface area contributed by atoms with Gasteiger partial charge in [-0.05, 0) is 6.42 Å². The van der Waals surface area contributed by atoms with Crippen molar-refractivity contribution in [2.24, 2.45) is 5.73 Å². The summed E-state index contributed by atoms with van der Waals surface area (Å²) >= 11 is 0. The Labute approximate surface area is 101 Å². The minimum Gasteiger partial charge on any atom is -0.480 e. The lowest BCUT2D eigenvalue weighted by atomic mass is 10.1. The predicted octanol–water partition coefficient (Wildman–Crippen LogP) is -0.184. The van der Waals surface area contributed by atoms with Crippen molar-refractivity contribution in [3.05, 3.63) is 0 Å². The predicted molar refractivity (Wildman–Crippen MR) is 61.5 cm³/mol. The first-order valence-corrected chi connectivity index (χ1v) is 5.94. The first kappa shape index (κ1) is 13.9. The van der Waals surface area contributed by atoms with Crippen LogP contribution in [0.4, 0.5) is 0 Å². The van der Waals surface area contributed by atoms with Gasteiger partial charge in [-0.3, -0.25) is 4.79 Å². The first-order valence-electron chi connectivity index (χ1n) is 5.94. The average Bonchev–Trinajstić information content (AvgIpc) is 2.34. The second-order valence-corrected chi connectivity index (χ2v) is 4.21. The van der Waals surface area contributed by atoms with E-state index in [9.17, 15) is 9.59 Å². The Morgan fingerprint density at radius 1 is 1.59 bits per heavy atom. The Morgan fingerprint density at radius 2 is 2.29 bits per heavy atom. The van der Waals surface area contributed by atoms with Crippen LogP contribution in [0.25, 0.3) is 0 Å². The number of nitrogens with two attached hydrogens (primary N) is 1. The Hall–Kier alpha value is -1.14. The summed E-state index contributed by atoms with van der Waals surface area (Å²) in [5.74, 6) is -1.32. The number of hydrogen-bond donors (Lipinski definition) is 2. The number of nitrogens with zero attached hydrogens (tertiary/aromatic N) is 1. The number of rotatable bonds is 5. The molecule has 1 fully saturated rings. The van der Waals surface area contributed by atoms with Crippen molar-refractivity contribution in [2.75, 3.05) is 19.8 Å². The molecule has 1 heterocycles. The Kier molecular flexibility index (Phi) is 5.37. The molecule has 6 nitrogen and oxygen atoms in total. The van der Waals surface area contributed by atoms with Crippen molar-refractivity contribution < 1.29 is 19.4 Å². The van der Waals surface area contributed by atoms with E-state index in [1.807, 2.05) is 6.92 Å². The quantitative estimate of drug-likeness (QED) is 0.699. The smallest absolute Gasteiger partial charge is 0.328 e. The van der Waals surface area contributed by atoms with E-state index in [-0.39, 0.29) is 12.5 Å². The second-order valence-electron chi connectivity index (χ2n) is 4.21. The normalized spacial score (nSPS) is 22.2. The summed E-state index contributed by atoms with van der Waals surface area (Å²) in [7, 11) is 0. The van der Waals surface area contributed by atoms with E-state index in [0.717, 1.165) is 12.8 Å². The molecular formula is C11H20N2O4. The van der Waals surface area contributed by atoms with Gasteiger partial charge < -0.3 is 20.5 Å². The van der Waals surface area contributed by atoms with E-state index in [1.54, 1.807) is 0 Å². The lowest BCUT2D eigenvalue weighted by Gasteiger charge is -2.34. The molecule has 0 radical (unpaired) electrons. The molecule has 1 aliphatic rings. The van der Waals surface area contributed by atoms with Gasteiger partial charge in [-0.25, -0.2) is 4.79 Å². The molecule has 6 heteroatoms. The monoisotopic (exact) mass is 244 g/mol. The topological polar surface area (TPSA) is 92.9 Å². The number of carbonyl (C=O) groups excluding carboxylic acids is 1. The average molecular weight is 244 g/mol.